The molecule has 9 nitrogen and oxygen atoms in total. The molecule has 2 aromatic carbocycles. The van der Waals surface area contributed by atoms with Crippen LogP contribution in [0.1, 0.15) is 11.1 Å². The second kappa shape index (κ2) is 9.76. The summed E-state index contributed by atoms with van der Waals surface area (Å²) in [5.74, 6) is 1.66. The van der Waals surface area contributed by atoms with Crippen LogP contribution >= 0.6 is 0 Å². The fourth-order valence-corrected chi connectivity index (χ4v) is 3.33. The quantitative estimate of drug-likeness (QED) is 0.453. The Morgan fingerprint density at radius 2 is 1.97 bits per heavy atom. The van der Waals surface area contributed by atoms with E-state index in [4.69, 9.17) is 9.47 Å². The van der Waals surface area contributed by atoms with Crippen molar-refractivity contribution in [2.75, 3.05) is 43.7 Å². The van der Waals surface area contributed by atoms with Crippen molar-refractivity contribution in [3.05, 3.63) is 59.7 Å². The largest absolute Gasteiger partial charge is 0.508 e. The number of ether oxygens (including phenoxy) is 2. The molecule has 3 aromatic rings. The first kappa shape index (κ1) is 21.1. The summed E-state index contributed by atoms with van der Waals surface area (Å²) < 4.78 is 10.7. The van der Waals surface area contributed by atoms with Crippen LogP contribution in [0.15, 0.2) is 53.6 Å². The summed E-state index contributed by atoms with van der Waals surface area (Å²) in [7, 11) is 1.60. The number of phenols is 1. The Morgan fingerprint density at radius 3 is 2.66 bits per heavy atom. The van der Waals surface area contributed by atoms with Gasteiger partial charge < -0.3 is 19.5 Å². The van der Waals surface area contributed by atoms with Gasteiger partial charge in [0.1, 0.15) is 23.1 Å². The molecule has 0 unspecified atom stereocenters. The maximum atomic E-state index is 9.95. The Kier molecular flexibility index (Phi) is 6.43. The van der Waals surface area contributed by atoms with Gasteiger partial charge in [-0.1, -0.05) is 12.1 Å². The van der Waals surface area contributed by atoms with E-state index in [1.807, 2.05) is 35.2 Å². The number of benzene rings is 2. The molecule has 2 heterocycles. The van der Waals surface area contributed by atoms with E-state index in [0.717, 1.165) is 11.1 Å². The molecule has 1 saturated heterocycles. The topological polar surface area (TPSA) is 116 Å². The minimum Gasteiger partial charge on any atom is -0.508 e. The standard InChI is InChI=1S/C23H22N6O3/c1-31-19-7-5-17(6-8-19)21-20(14-24)22(29-9-11-32-12-10-29)27-23(26-21)28-25-15-16-3-2-4-18(30)13-16/h2-8,13,15,30H,9-12H2,1H3,(H,26,27,28)/b25-15+. The summed E-state index contributed by atoms with van der Waals surface area (Å²) in [6.07, 6.45) is 1.56. The highest BCUT2D eigenvalue weighted by Gasteiger charge is 2.22. The Bertz CT molecular complexity index is 1150. The molecule has 0 bridgehead atoms. The van der Waals surface area contributed by atoms with Crippen LogP contribution < -0.4 is 15.1 Å². The Labute approximate surface area is 185 Å². The summed E-state index contributed by atoms with van der Waals surface area (Å²) >= 11 is 0. The van der Waals surface area contributed by atoms with Crippen molar-refractivity contribution in [2.24, 2.45) is 5.10 Å². The molecule has 4 rings (SSSR count). The van der Waals surface area contributed by atoms with Gasteiger partial charge in [-0.25, -0.2) is 10.4 Å². The second-order valence-corrected chi connectivity index (χ2v) is 7.00. The van der Waals surface area contributed by atoms with Gasteiger partial charge in [-0.15, -0.1) is 0 Å². The fourth-order valence-electron chi connectivity index (χ4n) is 3.33. The average molecular weight is 430 g/mol. The Morgan fingerprint density at radius 1 is 1.19 bits per heavy atom. The van der Waals surface area contributed by atoms with E-state index < -0.39 is 0 Å². The monoisotopic (exact) mass is 430 g/mol. The molecular weight excluding hydrogens is 408 g/mol. The van der Waals surface area contributed by atoms with Crippen molar-refractivity contribution in [2.45, 2.75) is 0 Å². The van der Waals surface area contributed by atoms with Gasteiger partial charge in [0.25, 0.3) is 0 Å². The van der Waals surface area contributed by atoms with Gasteiger partial charge in [0.05, 0.1) is 32.2 Å². The van der Waals surface area contributed by atoms with E-state index in [9.17, 15) is 10.4 Å². The van der Waals surface area contributed by atoms with Crippen LogP contribution in [0.2, 0.25) is 0 Å². The van der Waals surface area contributed by atoms with E-state index >= 15 is 0 Å². The third-order valence-corrected chi connectivity index (χ3v) is 4.92. The van der Waals surface area contributed by atoms with Gasteiger partial charge >= 0.3 is 0 Å². The number of aromatic nitrogens is 2. The number of hydrogen-bond acceptors (Lipinski definition) is 9. The number of nitrogens with one attached hydrogen (secondary N) is 1. The maximum absolute atomic E-state index is 9.95. The van der Waals surface area contributed by atoms with Gasteiger partial charge in [-0.2, -0.15) is 15.3 Å². The van der Waals surface area contributed by atoms with E-state index in [2.05, 4.69) is 26.6 Å². The summed E-state index contributed by atoms with van der Waals surface area (Å²) in [4.78, 5) is 11.2. The van der Waals surface area contributed by atoms with Gasteiger partial charge in [-0.3, -0.25) is 0 Å². The van der Waals surface area contributed by atoms with Crippen molar-refractivity contribution in [3.8, 4) is 28.8 Å². The molecular formula is C23H22N6O3. The van der Waals surface area contributed by atoms with Crippen LogP contribution in [0.25, 0.3) is 11.3 Å². The first-order valence-corrected chi connectivity index (χ1v) is 10.1. The van der Waals surface area contributed by atoms with Gasteiger partial charge in [-0.05, 0) is 42.0 Å². The average Bonchev–Trinajstić information content (AvgIpc) is 2.84. The number of methoxy groups -OCH3 is 1. The van der Waals surface area contributed by atoms with Gasteiger partial charge in [0, 0.05) is 18.7 Å². The molecule has 2 N–H and O–H groups in total. The normalized spacial score (nSPS) is 13.7. The third-order valence-electron chi connectivity index (χ3n) is 4.92. The lowest BCUT2D eigenvalue weighted by molar-refractivity contribution is 0.122. The van der Waals surface area contributed by atoms with Crippen LogP contribution in [0.5, 0.6) is 11.5 Å². The first-order valence-electron chi connectivity index (χ1n) is 10.1. The summed E-state index contributed by atoms with van der Waals surface area (Å²) in [6, 6.07) is 16.3. The maximum Gasteiger partial charge on any atom is 0.246 e. The molecule has 0 atom stereocenters. The summed E-state index contributed by atoms with van der Waals surface area (Å²) in [6.45, 7) is 2.37. The number of morpholine rings is 1. The third kappa shape index (κ3) is 4.77. The minimum atomic E-state index is 0.153. The zero-order valence-corrected chi connectivity index (χ0v) is 17.5. The summed E-state index contributed by atoms with van der Waals surface area (Å²) in [5, 5.41) is 23.8. The van der Waals surface area contributed by atoms with Crippen molar-refractivity contribution >= 4 is 18.0 Å². The van der Waals surface area contributed by atoms with Crippen molar-refractivity contribution in [1.82, 2.24) is 9.97 Å². The highest BCUT2D eigenvalue weighted by atomic mass is 16.5. The number of anilines is 2. The van der Waals surface area contributed by atoms with E-state index in [0.29, 0.717) is 49.1 Å². The molecule has 0 aliphatic carbocycles. The first-order chi connectivity index (χ1) is 15.7. The lowest BCUT2D eigenvalue weighted by Gasteiger charge is -2.29. The highest BCUT2D eigenvalue weighted by Crippen LogP contribution is 2.31. The van der Waals surface area contributed by atoms with E-state index in [-0.39, 0.29) is 11.7 Å². The zero-order valence-electron chi connectivity index (χ0n) is 17.5. The molecule has 0 saturated carbocycles. The number of hydrogen-bond donors (Lipinski definition) is 2. The van der Waals surface area contributed by atoms with Gasteiger partial charge in [0.2, 0.25) is 5.95 Å². The molecule has 1 fully saturated rings. The smallest absolute Gasteiger partial charge is 0.246 e. The minimum absolute atomic E-state index is 0.153. The van der Waals surface area contributed by atoms with Crippen molar-refractivity contribution in [1.29, 1.82) is 5.26 Å². The predicted octanol–water partition coefficient (Wildman–Crippen LogP) is 3.01. The molecule has 162 valence electrons. The van der Waals surface area contributed by atoms with Crippen LogP contribution in [0.3, 0.4) is 0 Å². The number of aromatic hydroxyl groups is 1. The molecule has 1 aromatic heterocycles. The number of hydrazone groups is 1. The van der Waals surface area contributed by atoms with E-state index in [1.54, 1.807) is 31.5 Å². The summed E-state index contributed by atoms with van der Waals surface area (Å²) in [5.41, 5.74) is 5.22. The van der Waals surface area contributed by atoms with Crippen LogP contribution in [0, 0.1) is 11.3 Å². The lowest BCUT2D eigenvalue weighted by atomic mass is 10.1. The van der Waals surface area contributed by atoms with Crippen LogP contribution in [-0.4, -0.2) is 54.7 Å². The van der Waals surface area contributed by atoms with Gasteiger partial charge in [0.15, 0.2) is 5.82 Å². The number of nitrogens with zero attached hydrogens (tertiary/aromatic N) is 5. The van der Waals surface area contributed by atoms with Crippen molar-refractivity contribution in [3.63, 3.8) is 0 Å². The Hall–Kier alpha value is -4.16. The fraction of sp³-hybridized carbons (Fsp3) is 0.217. The molecule has 32 heavy (non-hydrogen) atoms. The Balaban J connectivity index is 1.72. The molecule has 0 radical (unpaired) electrons. The van der Waals surface area contributed by atoms with E-state index in [1.165, 1.54) is 0 Å². The zero-order chi connectivity index (χ0) is 22.3. The molecule has 0 amide bonds. The number of phenolic OH excluding ortho intramolecular Hbond substituents is 1. The second-order valence-electron chi connectivity index (χ2n) is 7.00. The number of rotatable bonds is 6. The highest BCUT2D eigenvalue weighted by molar-refractivity contribution is 5.81. The van der Waals surface area contributed by atoms with Crippen molar-refractivity contribution < 1.29 is 14.6 Å². The SMILES string of the molecule is COc1ccc(-c2nc(N/N=C/c3cccc(O)c3)nc(N3CCOCC3)c2C#N)cc1. The molecule has 1 aliphatic rings. The molecule has 9 heteroatoms. The number of nitriles is 1. The molecule has 1 aliphatic heterocycles. The lowest BCUT2D eigenvalue weighted by Crippen LogP contribution is -2.37. The van der Waals surface area contributed by atoms with Crippen LogP contribution in [0.4, 0.5) is 11.8 Å². The predicted molar refractivity (Wildman–Crippen MR) is 121 cm³/mol. The van der Waals surface area contributed by atoms with Crippen LogP contribution in [-0.2, 0) is 4.74 Å². The molecule has 0 spiro atoms.